The summed E-state index contributed by atoms with van der Waals surface area (Å²) in [5.41, 5.74) is 1.01. The smallest absolute Gasteiger partial charge is 0.326 e. The fourth-order valence-corrected chi connectivity index (χ4v) is 6.74. The normalized spacial score (nSPS) is 25.3. The summed E-state index contributed by atoms with van der Waals surface area (Å²) in [6.07, 6.45) is 6.71. The Balaban J connectivity index is 1.69. The number of carbonyl (C=O) groups excluding carboxylic acids is 1. The van der Waals surface area contributed by atoms with Crippen LogP contribution in [0.1, 0.15) is 52.0 Å². The summed E-state index contributed by atoms with van der Waals surface area (Å²) >= 11 is 0. The molecular formula is C27H38FN3O3Si. The molecule has 0 N–H and O–H groups in total. The van der Waals surface area contributed by atoms with Gasteiger partial charge in [0.25, 0.3) is 0 Å². The van der Waals surface area contributed by atoms with Gasteiger partial charge in [0.1, 0.15) is 5.54 Å². The number of ether oxygens (including phenoxy) is 1. The van der Waals surface area contributed by atoms with Crippen molar-refractivity contribution in [2.75, 3.05) is 13.7 Å². The van der Waals surface area contributed by atoms with Crippen LogP contribution in [0.15, 0.2) is 36.7 Å². The number of hydrogen-bond donors (Lipinski definition) is 0. The molecule has 4 rings (SSSR count). The highest BCUT2D eigenvalue weighted by Gasteiger charge is 2.59. The summed E-state index contributed by atoms with van der Waals surface area (Å²) in [4.78, 5) is 24.2. The first-order valence-electron chi connectivity index (χ1n) is 12.6. The van der Waals surface area contributed by atoms with E-state index in [4.69, 9.17) is 9.16 Å². The summed E-state index contributed by atoms with van der Waals surface area (Å²) < 4.78 is 25.7. The zero-order valence-electron chi connectivity index (χ0n) is 21.8. The minimum absolute atomic E-state index is 0.00101. The molecular weight excluding hydrogens is 461 g/mol. The van der Waals surface area contributed by atoms with Gasteiger partial charge < -0.3 is 9.16 Å². The Morgan fingerprint density at radius 1 is 1.23 bits per heavy atom. The van der Waals surface area contributed by atoms with E-state index in [2.05, 4.69) is 48.7 Å². The monoisotopic (exact) mass is 499 g/mol. The molecule has 0 unspecified atom stereocenters. The van der Waals surface area contributed by atoms with E-state index in [0.29, 0.717) is 18.7 Å². The van der Waals surface area contributed by atoms with Crippen LogP contribution in [0.3, 0.4) is 0 Å². The van der Waals surface area contributed by atoms with Crippen molar-refractivity contribution >= 4 is 14.3 Å². The average molecular weight is 500 g/mol. The third-order valence-corrected chi connectivity index (χ3v) is 12.7. The van der Waals surface area contributed by atoms with Crippen LogP contribution in [0, 0.1) is 5.82 Å². The lowest BCUT2D eigenvalue weighted by molar-refractivity contribution is -0.155. The van der Waals surface area contributed by atoms with Crippen molar-refractivity contribution in [1.82, 2.24) is 14.9 Å². The molecule has 1 aromatic carbocycles. The van der Waals surface area contributed by atoms with Gasteiger partial charge in [-0.25, -0.2) is 14.4 Å². The van der Waals surface area contributed by atoms with Gasteiger partial charge in [0.05, 0.1) is 25.6 Å². The highest BCUT2D eigenvalue weighted by Crippen LogP contribution is 2.47. The molecule has 0 amide bonds. The van der Waals surface area contributed by atoms with Crippen LogP contribution < -0.4 is 0 Å². The van der Waals surface area contributed by atoms with Crippen molar-refractivity contribution in [3.63, 3.8) is 0 Å². The zero-order chi connectivity index (χ0) is 25.4. The maximum atomic E-state index is 13.5. The van der Waals surface area contributed by atoms with Crippen LogP contribution in [0.25, 0.3) is 11.4 Å². The Labute approximate surface area is 209 Å². The van der Waals surface area contributed by atoms with E-state index in [0.717, 1.165) is 36.9 Å². The van der Waals surface area contributed by atoms with Gasteiger partial charge in [-0.1, -0.05) is 45.4 Å². The quantitative estimate of drug-likeness (QED) is 0.392. The molecule has 0 saturated carbocycles. The fraction of sp³-hybridized carbons (Fsp3) is 0.593. The zero-order valence-corrected chi connectivity index (χ0v) is 22.8. The van der Waals surface area contributed by atoms with E-state index >= 15 is 0 Å². The highest BCUT2D eigenvalue weighted by molar-refractivity contribution is 6.74. The fourth-order valence-electron chi connectivity index (χ4n) is 5.39. The van der Waals surface area contributed by atoms with Gasteiger partial charge in [-0.3, -0.25) is 9.69 Å². The lowest BCUT2D eigenvalue weighted by atomic mass is 9.86. The predicted molar refractivity (Wildman–Crippen MR) is 137 cm³/mol. The summed E-state index contributed by atoms with van der Waals surface area (Å²) in [5, 5.41) is 0.0898. The second-order valence-electron chi connectivity index (χ2n) is 11.5. The van der Waals surface area contributed by atoms with Gasteiger partial charge >= 0.3 is 5.97 Å². The molecule has 0 radical (unpaired) electrons. The number of esters is 1. The number of nitrogens with zero attached hydrogens (tertiary/aromatic N) is 3. The minimum atomic E-state index is -2.03. The van der Waals surface area contributed by atoms with E-state index in [1.54, 1.807) is 0 Å². The number of benzene rings is 1. The van der Waals surface area contributed by atoms with Gasteiger partial charge in [-0.15, -0.1) is 0 Å². The van der Waals surface area contributed by atoms with Crippen molar-refractivity contribution in [3.8, 4) is 11.4 Å². The number of carbonyl (C=O) groups is 1. The summed E-state index contributed by atoms with van der Waals surface area (Å²) in [7, 11) is -0.549. The molecule has 8 heteroatoms. The molecule has 2 fully saturated rings. The second kappa shape index (κ2) is 9.71. The Morgan fingerprint density at radius 3 is 2.60 bits per heavy atom. The Hall–Kier alpha value is -2.16. The predicted octanol–water partition coefficient (Wildman–Crippen LogP) is 5.39. The maximum absolute atomic E-state index is 13.5. The minimum Gasteiger partial charge on any atom is -0.468 e. The van der Waals surface area contributed by atoms with Gasteiger partial charge in [-0.2, -0.15) is 0 Å². The van der Waals surface area contributed by atoms with Crippen molar-refractivity contribution in [2.45, 2.75) is 88.7 Å². The van der Waals surface area contributed by atoms with Gasteiger partial charge in [0.2, 0.25) is 0 Å². The van der Waals surface area contributed by atoms with Crippen LogP contribution in [0.5, 0.6) is 0 Å². The highest BCUT2D eigenvalue weighted by atomic mass is 28.4. The third-order valence-electron chi connectivity index (χ3n) is 8.19. The Morgan fingerprint density at radius 2 is 1.94 bits per heavy atom. The maximum Gasteiger partial charge on any atom is 0.326 e. The SMILES string of the molecule is COC(=O)[C@]1(Cc2cccc(-c3ncc(F)cn3)c2)C[C@H](O[Si](C)(C)C(C)(C)C)[C@@H]2CCCCN21. The molecule has 0 aliphatic carbocycles. The molecule has 2 saturated heterocycles. The Bertz CT molecular complexity index is 1060. The van der Waals surface area contributed by atoms with Crippen LogP contribution >= 0.6 is 0 Å². The average Bonchev–Trinajstić information content (AvgIpc) is 3.12. The summed E-state index contributed by atoms with van der Waals surface area (Å²) in [6, 6.07) is 8.08. The molecule has 0 spiro atoms. The molecule has 0 bridgehead atoms. The van der Waals surface area contributed by atoms with Crippen LogP contribution in [-0.4, -0.2) is 60.5 Å². The van der Waals surface area contributed by atoms with Crippen molar-refractivity contribution < 1.29 is 18.3 Å². The second-order valence-corrected chi connectivity index (χ2v) is 16.3. The summed E-state index contributed by atoms with van der Waals surface area (Å²) in [6.45, 7) is 12.2. The number of aromatic nitrogens is 2. The molecule has 2 aromatic rings. The lowest BCUT2D eigenvalue weighted by Gasteiger charge is -2.42. The lowest BCUT2D eigenvalue weighted by Crippen LogP contribution is -2.56. The van der Waals surface area contributed by atoms with E-state index in [1.165, 1.54) is 19.5 Å². The number of fused-ring (bicyclic) bond motifs is 1. The number of hydrogen-bond acceptors (Lipinski definition) is 6. The van der Waals surface area contributed by atoms with Gasteiger partial charge in [0, 0.05) is 24.4 Å². The molecule has 6 nitrogen and oxygen atoms in total. The molecule has 190 valence electrons. The van der Waals surface area contributed by atoms with Crippen molar-refractivity contribution in [1.29, 1.82) is 0 Å². The van der Waals surface area contributed by atoms with Crippen LogP contribution in [0.2, 0.25) is 18.1 Å². The first-order valence-corrected chi connectivity index (χ1v) is 15.5. The third kappa shape index (κ3) is 5.06. The van der Waals surface area contributed by atoms with Crippen molar-refractivity contribution in [2.24, 2.45) is 0 Å². The first-order chi connectivity index (χ1) is 16.5. The van der Waals surface area contributed by atoms with E-state index in [-0.39, 0.29) is 23.2 Å². The number of methoxy groups -OCH3 is 1. The number of rotatable bonds is 6. The van der Waals surface area contributed by atoms with E-state index < -0.39 is 19.7 Å². The van der Waals surface area contributed by atoms with E-state index in [1.807, 2.05) is 24.3 Å². The number of piperidine rings is 1. The molecule has 3 atom stereocenters. The van der Waals surface area contributed by atoms with Gasteiger partial charge in [-0.05, 0) is 49.1 Å². The number of halogens is 1. The molecule has 3 heterocycles. The topological polar surface area (TPSA) is 64.5 Å². The van der Waals surface area contributed by atoms with Crippen molar-refractivity contribution in [3.05, 3.63) is 48.0 Å². The first kappa shape index (κ1) is 25.9. The van der Waals surface area contributed by atoms with Crippen LogP contribution in [0.4, 0.5) is 4.39 Å². The molecule has 1 aromatic heterocycles. The molecule has 35 heavy (non-hydrogen) atoms. The molecule has 2 aliphatic rings. The standard InChI is InChI=1S/C27H38FN3O3Si/c1-26(2,3)35(5,6)34-23-16-27(25(32)33-4,31-13-8-7-12-22(23)31)15-19-10-9-11-20(14-19)24-29-17-21(28)18-30-24/h9-11,14,17-18,22-23H,7-8,12-13,15-16H2,1-6H3/t22-,23-,27-/m0/s1. The summed E-state index contributed by atoms with van der Waals surface area (Å²) in [5.74, 6) is -0.208. The van der Waals surface area contributed by atoms with E-state index in [9.17, 15) is 9.18 Å². The van der Waals surface area contributed by atoms with Crippen LogP contribution in [-0.2, 0) is 20.4 Å². The van der Waals surface area contributed by atoms with Gasteiger partial charge in [0.15, 0.2) is 20.0 Å². The molecule has 2 aliphatic heterocycles. The largest absolute Gasteiger partial charge is 0.468 e. The Kier molecular flexibility index (Phi) is 7.19.